The van der Waals surface area contributed by atoms with E-state index in [1.807, 2.05) is 4.72 Å². The number of nitrogens with two attached hydrogens (primary N) is 1. The van der Waals surface area contributed by atoms with Gasteiger partial charge in [0, 0.05) is 17.7 Å². The van der Waals surface area contributed by atoms with E-state index in [2.05, 4.69) is 0 Å². The van der Waals surface area contributed by atoms with E-state index in [-0.39, 0.29) is 29.2 Å². The molecule has 2 rings (SSSR count). The lowest BCUT2D eigenvalue weighted by atomic mass is 10.0. The molecule has 2 aromatic rings. The number of carbonyl (C=O) groups excluding carboxylic acids is 1. The van der Waals surface area contributed by atoms with Crippen molar-refractivity contribution in [2.75, 3.05) is 24.8 Å². The maximum atomic E-state index is 13.1. The second-order valence-electron chi connectivity index (χ2n) is 9.32. The average Bonchev–Trinajstić information content (AvgIpc) is 2.79. The van der Waals surface area contributed by atoms with Crippen molar-refractivity contribution in [2.24, 2.45) is 0 Å². The molecule has 0 heterocycles. The molecule has 0 aromatic heterocycles. The Labute approximate surface area is 226 Å². The smallest absolute Gasteiger partial charge is 0.341 e. The summed E-state index contributed by atoms with van der Waals surface area (Å²) in [6.07, 6.45) is -1.02. The molecule has 1 unspecified atom stereocenters. The highest BCUT2D eigenvalue weighted by atomic mass is 35.5. The van der Waals surface area contributed by atoms with Crippen molar-refractivity contribution in [3.8, 4) is 11.5 Å². The summed E-state index contributed by atoms with van der Waals surface area (Å²) in [5.41, 5.74) is 5.71. The van der Waals surface area contributed by atoms with Gasteiger partial charge < -0.3 is 15.2 Å². The third-order valence-electron chi connectivity index (χ3n) is 5.14. The highest BCUT2D eigenvalue weighted by Gasteiger charge is 2.32. The zero-order chi connectivity index (χ0) is 28.9. The molecule has 2 aromatic carbocycles. The van der Waals surface area contributed by atoms with Crippen molar-refractivity contribution in [1.29, 1.82) is 0 Å². The molecule has 0 amide bonds. The molecule has 0 spiro atoms. The van der Waals surface area contributed by atoms with Gasteiger partial charge >= 0.3 is 5.97 Å². The predicted molar refractivity (Wildman–Crippen MR) is 141 cm³/mol. The molecular weight excluding hydrogens is 566 g/mol. The summed E-state index contributed by atoms with van der Waals surface area (Å²) in [7, 11) is -8.79. The summed E-state index contributed by atoms with van der Waals surface area (Å²) in [4.78, 5) is 12.2. The number of esters is 1. The first-order valence-corrected chi connectivity index (χ1v) is 15.1. The fraction of sp³-hybridized carbons (Fsp3) is 0.458. The van der Waals surface area contributed by atoms with Crippen LogP contribution in [0.3, 0.4) is 0 Å². The molecule has 14 heteroatoms. The van der Waals surface area contributed by atoms with Gasteiger partial charge in [0.1, 0.15) is 32.4 Å². The van der Waals surface area contributed by atoms with E-state index >= 15 is 0 Å². The fourth-order valence-electron chi connectivity index (χ4n) is 3.37. The van der Waals surface area contributed by atoms with E-state index in [0.29, 0.717) is 5.56 Å². The minimum absolute atomic E-state index is 0.0616. The summed E-state index contributed by atoms with van der Waals surface area (Å²) in [5.74, 6) is -1.34. The van der Waals surface area contributed by atoms with Gasteiger partial charge in [0.15, 0.2) is 9.84 Å². The summed E-state index contributed by atoms with van der Waals surface area (Å²) in [6.45, 7) is 4.59. The molecule has 0 radical (unpaired) electrons. The van der Waals surface area contributed by atoms with Crippen LogP contribution in [0.4, 0.5) is 14.5 Å². The summed E-state index contributed by atoms with van der Waals surface area (Å²) < 4.78 is 89.8. The van der Waals surface area contributed by atoms with Crippen LogP contribution >= 0.6 is 11.6 Å². The number of hydrogen-bond acceptors (Lipinski definition) is 8. The second-order valence-corrected chi connectivity index (χ2v) is 13.7. The highest BCUT2D eigenvalue weighted by molar-refractivity contribution is 7.94. The van der Waals surface area contributed by atoms with Crippen LogP contribution in [0.5, 0.6) is 11.5 Å². The van der Waals surface area contributed by atoms with Gasteiger partial charge in [-0.15, -0.1) is 0 Å². The van der Waals surface area contributed by atoms with Gasteiger partial charge in [-0.2, -0.15) is 4.72 Å². The Bertz CT molecular complexity index is 1380. The number of ether oxygens (including phenoxy) is 2. The Morgan fingerprint density at radius 1 is 1.08 bits per heavy atom. The van der Waals surface area contributed by atoms with E-state index in [0.717, 1.165) is 6.07 Å². The topological polar surface area (TPSA) is 142 Å². The quantitative estimate of drug-likeness (QED) is 0.265. The third kappa shape index (κ3) is 8.01. The number of nitrogen functional groups attached to an aromatic ring is 1. The maximum absolute atomic E-state index is 13.1. The molecule has 0 aliphatic heterocycles. The molecule has 1 atom stereocenters. The summed E-state index contributed by atoms with van der Waals surface area (Å²) >= 11 is 6.34. The molecule has 0 bridgehead atoms. The monoisotopic (exact) mass is 596 g/mol. The number of halogens is 3. The van der Waals surface area contributed by atoms with Crippen molar-refractivity contribution in [1.82, 2.24) is 4.72 Å². The molecule has 0 saturated heterocycles. The average molecular weight is 597 g/mol. The maximum Gasteiger partial charge on any atom is 0.341 e. The second kappa shape index (κ2) is 12.6. The number of sulfonamides is 1. The van der Waals surface area contributed by atoms with E-state index in [1.54, 1.807) is 27.7 Å². The van der Waals surface area contributed by atoms with Crippen LogP contribution in [-0.4, -0.2) is 52.9 Å². The number of alkyl halides is 2. The van der Waals surface area contributed by atoms with E-state index in [4.69, 9.17) is 26.8 Å². The van der Waals surface area contributed by atoms with Crippen LogP contribution < -0.4 is 15.2 Å². The molecule has 3 N–H and O–H groups in total. The van der Waals surface area contributed by atoms with Crippen LogP contribution in [0.25, 0.3) is 0 Å². The lowest BCUT2D eigenvalue weighted by molar-refractivity contribution is 0.00696. The normalized spacial score (nSPS) is 13.2. The van der Waals surface area contributed by atoms with Crippen molar-refractivity contribution >= 4 is 43.1 Å². The highest BCUT2D eigenvalue weighted by Crippen LogP contribution is 2.37. The van der Waals surface area contributed by atoms with Crippen molar-refractivity contribution in [3.63, 3.8) is 0 Å². The first-order chi connectivity index (χ1) is 17.5. The number of carbonyl (C=O) groups is 1. The van der Waals surface area contributed by atoms with Gasteiger partial charge in [-0.05, 0) is 58.4 Å². The number of nitrogens with one attached hydrogen (secondary N) is 1. The van der Waals surface area contributed by atoms with E-state index in [1.165, 1.54) is 24.3 Å². The zero-order valence-corrected chi connectivity index (χ0v) is 23.8. The lowest BCUT2D eigenvalue weighted by Gasteiger charge is -2.22. The minimum Gasteiger partial charge on any atom is -0.456 e. The lowest BCUT2D eigenvalue weighted by Crippen LogP contribution is -2.42. The van der Waals surface area contributed by atoms with Crippen LogP contribution in [0.1, 0.15) is 49.5 Å². The molecular formula is C24H31ClF2N2O7S2. The van der Waals surface area contributed by atoms with Crippen LogP contribution in [0.15, 0.2) is 35.2 Å². The Hall–Kier alpha value is -2.48. The first kappa shape index (κ1) is 31.7. The molecule has 212 valence electrons. The van der Waals surface area contributed by atoms with Crippen LogP contribution in [-0.2, 0) is 24.6 Å². The first-order valence-electron chi connectivity index (χ1n) is 11.5. The molecule has 38 heavy (non-hydrogen) atoms. The number of sulfone groups is 1. The molecule has 0 aliphatic rings. The fourth-order valence-corrected chi connectivity index (χ4v) is 7.23. The molecule has 0 aliphatic carbocycles. The Morgan fingerprint density at radius 3 is 2.32 bits per heavy atom. The Balaban J connectivity index is 2.44. The van der Waals surface area contributed by atoms with E-state index in [9.17, 15) is 30.4 Å². The number of rotatable bonds is 12. The summed E-state index contributed by atoms with van der Waals surface area (Å²) in [5, 5.41) is -2.21. The van der Waals surface area contributed by atoms with Crippen LogP contribution in [0, 0.1) is 6.92 Å². The summed E-state index contributed by atoms with van der Waals surface area (Å²) in [6, 6.07) is 6.66. The number of hydrogen-bond donors (Lipinski definition) is 2. The van der Waals surface area contributed by atoms with Gasteiger partial charge in [0.05, 0.1) is 24.7 Å². The van der Waals surface area contributed by atoms with Gasteiger partial charge in [-0.3, -0.25) is 8.78 Å². The van der Waals surface area contributed by atoms with Crippen molar-refractivity contribution in [2.45, 2.75) is 56.4 Å². The van der Waals surface area contributed by atoms with Crippen LogP contribution in [0.2, 0.25) is 5.02 Å². The van der Waals surface area contributed by atoms with Crippen molar-refractivity contribution in [3.05, 3.63) is 46.5 Å². The molecule has 0 saturated carbocycles. The standard InChI is InChI=1S/C24H31ClF2N2O7S2/c1-15-17(10-9-16(28)21(15)23(30)36-24(2,3)4)35-18-7-5-8-19(22(18)25)38(33,34)29-20(11-13-27)37(31,32)14-6-12-26/h5,7-10,20,29H,6,11-14,28H2,1-4H3. The predicted octanol–water partition coefficient (Wildman–Crippen LogP) is 4.72. The number of benzene rings is 2. The van der Waals surface area contributed by atoms with E-state index < -0.39 is 72.2 Å². The minimum atomic E-state index is -4.59. The molecule has 9 nitrogen and oxygen atoms in total. The van der Waals surface area contributed by atoms with Crippen molar-refractivity contribution < 1.29 is 39.9 Å². The van der Waals surface area contributed by atoms with Gasteiger partial charge in [-0.25, -0.2) is 21.6 Å². The largest absolute Gasteiger partial charge is 0.456 e. The van der Waals surface area contributed by atoms with Gasteiger partial charge in [0.25, 0.3) is 0 Å². The van der Waals surface area contributed by atoms with Gasteiger partial charge in [-0.1, -0.05) is 17.7 Å². The molecule has 0 fully saturated rings. The Kier molecular flexibility index (Phi) is 10.5. The third-order valence-corrected chi connectivity index (χ3v) is 9.39. The van der Waals surface area contributed by atoms with Gasteiger partial charge in [0.2, 0.25) is 10.0 Å². The Morgan fingerprint density at radius 2 is 1.74 bits per heavy atom. The number of anilines is 1. The SMILES string of the molecule is Cc1c(Oc2cccc(S(=O)(=O)NC(CCF)S(=O)(=O)CCCF)c2Cl)ccc(N)c1C(=O)OC(C)(C)C. The zero-order valence-electron chi connectivity index (χ0n) is 21.4.